The summed E-state index contributed by atoms with van der Waals surface area (Å²) in [5.74, 6) is 0. The second kappa shape index (κ2) is 8.29. The zero-order valence-electron chi connectivity index (χ0n) is 7.55. The van der Waals surface area contributed by atoms with E-state index >= 15 is 0 Å². The van der Waals surface area contributed by atoms with Gasteiger partial charge in [0.2, 0.25) is 0 Å². The molecule has 0 aliphatic heterocycles. The van der Waals surface area contributed by atoms with Gasteiger partial charge in [0.25, 0.3) is 0 Å². The number of hydrogen-bond acceptors (Lipinski definition) is 3. The highest BCUT2D eigenvalue weighted by molar-refractivity contribution is 5.73. The number of rotatable bonds is 6. The fourth-order valence-corrected chi connectivity index (χ4v) is 0.596. The predicted molar refractivity (Wildman–Crippen MR) is 45.2 cm³/mol. The van der Waals surface area contributed by atoms with Gasteiger partial charge in [-0.25, -0.2) is 4.79 Å². The fraction of sp³-hybridized carbons (Fsp3) is 0.857. The minimum absolute atomic E-state index is 0.191. The van der Waals surface area contributed by atoms with Crippen molar-refractivity contribution in [1.29, 1.82) is 0 Å². The van der Waals surface area contributed by atoms with Crippen LogP contribution in [0.1, 0.15) is 0 Å². The molecule has 0 aromatic rings. The van der Waals surface area contributed by atoms with E-state index in [4.69, 9.17) is 9.47 Å². The topological polar surface area (TPSA) is 59.6 Å². The van der Waals surface area contributed by atoms with Crippen LogP contribution in [0.3, 0.4) is 0 Å². The monoisotopic (exact) mass is 176 g/mol. The van der Waals surface area contributed by atoms with E-state index in [0.717, 1.165) is 0 Å². The maximum atomic E-state index is 10.9. The van der Waals surface area contributed by atoms with Crippen molar-refractivity contribution in [3.8, 4) is 0 Å². The summed E-state index contributed by atoms with van der Waals surface area (Å²) in [6, 6.07) is -0.191. The lowest BCUT2D eigenvalue weighted by Gasteiger charge is -2.05. The molecule has 72 valence electrons. The fourth-order valence-electron chi connectivity index (χ4n) is 0.596. The average molecular weight is 176 g/mol. The number of ether oxygens (including phenoxy) is 2. The smallest absolute Gasteiger partial charge is 0.314 e. The molecule has 0 rings (SSSR count). The van der Waals surface area contributed by atoms with Crippen molar-refractivity contribution in [3.63, 3.8) is 0 Å². The third-order valence-electron chi connectivity index (χ3n) is 1.18. The van der Waals surface area contributed by atoms with Crippen LogP contribution < -0.4 is 10.6 Å². The molecule has 5 heteroatoms. The zero-order chi connectivity index (χ0) is 9.23. The Morgan fingerprint density at radius 3 is 1.83 bits per heavy atom. The molecule has 0 bridgehead atoms. The molecule has 0 radical (unpaired) electrons. The molecule has 0 atom stereocenters. The summed E-state index contributed by atoms with van der Waals surface area (Å²) < 4.78 is 9.50. The van der Waals surface area contributed by atoms with Crippen molar-refractivity contribution >= 4 is 6.03 Å². The van der Waals surface area contributed by atoms with Crippen molar-refractivity contribution < 1.29 is 14.3 Å². The molecule has 0 saturated carbocycles. The maximum absolute atomic E-state index is 10.9. The van der Waals surface area contributed by atoms with Crippen LogP contribution in [0.5, 0.6) is 0 Å². The van der Waals surface area contributed by atoms with Gasteiger partial charge >= 0.3 is 6.03 Å². The Bertz CT molecular complexity index is 107. The number of urea groups is 1. The van der Waals surface area contributed by atoms with Crippen LogP contribution in [0, 0.1) is 0 Å². The lowest BCUT2D eigenvalue weighted by molar-refractivity contribution is 0.188. The second-order valence-corrected chi connectivity index (χ2v) is 2.17. The van der Waals surface area contributed by atoms with Gasteiger partial charge in [-0.1, -0.05) is 0 Å². The van der Waals surface area contributed by atoms with Gasteiger partial charge in [-0.05, 0) is 0 Å². The summed E-state index contributed by atoms with van der Waals surface area (Å²) in [6.07, 6.45) is 0. The maximum Gasteiger partial charge on any atom is 0.314 e. The van der Waals surface area contributed by atoms with E-state index in [1.165, 1.54) is 0 Å². The minimum atomic E-state index is -0.191. The molecule has 0 unspecified atom stereocenters. The molecule has 2 amide bonds. The molecule has 12 heavy (non-hydrogen) atoms. The molecular formula is C7H16N2O3. The van der Waals surface area contributed by atoms with E-state index in [1.54, 1.807) is 14.2 Å². The largest absolute Gasteiger partial charge is 0.383 e. The van der Waals surface area contributed by atoms with Crippen LogP contribution >= 0.6 is 0 Å². The lowest BCUT2D eigenvalue weighted by atomic mass is 10.6. The summed E-state index contributed by atoms with van der Waals surface area (Å²) in [4.78, 5) is 10.9. The van der Waals surface area contributed by atoms with Crippen LogP contribution in [0.25, 0.3) is 0 Å². The van der Waals surface area contributed by atoms with Gasteiger partial charge in [-0.15, -0.1) is 0 Å². The Kier molecular flexibility index (Phi) is 7.73. The number of methoxy groups -OCH3 is 2. The minimum Gasteiger partial charge on any atom is -0.383 e. The number of carbonyl (C=O) groups excluding carboxylic acids is 1. The summed E-state index contributed by atoms with van der Waals surface area (Å²) >= 11 is 0. The van der Waals surface area contributed by atoms with Gasteiger partial charge < -0.3 is 20.1 Å². The Balaban J connectivity index is 3.10. The third kappa shape index (κ3) is 7.30. The summed E-state index contributed by atoms with van der Waals surface area (Å²) in [6.45, 7) is 2.10. The highest BCUT2D eigenvalue weighted by Crippen LogP contribution is 1.68. The van der Waals surface area contributed by atoms with Gasteiger partial charge in [0.05, 0.1) is 13.2 Å². The van der Waals surface area contributed by atoms with E-state index in [0.29, 0.717) is 26.3 Å². The first-order chi connectivity index (χ1) is 5.81. The standard InChI is InChI=1S/C7H16N2O3/c1-11-5-3-8-7(10)9-4-6-12-2/h3-6H2,1-2H3,(H2,8,9,10). The Morgan fingerprint density at radius 2 is 1.50 bits per heavy atom. The first kappa shape index (κ1) is 11.2. The van der Waals surface area contributed by atoms with Crippen molar-refractivity contribution in [2.24, 2.45) is 0 Å². The highest BCUT2D eigenvalue weighted by atomic mass is 16.5. The molecule has 0 aromatic heterocycles. The van der Waals surface area contributed by atoms with Crippen molar-refractivity contribution in [2.75, 3.05) is 40.5 Å². The van der Waals surface area contributed by atoms with Crippen molar-refractivity contribution in [2.45, 2.75) is 0 Å². The van der Waals surface area contributed by atoms with E-state index in [-0.39, 0.29) is 6.03 Å². The number of amides is 2. The zero-order valence-corrected chi connectivity index (χ0v) is 7.55. The third-order valence-corrected chi connectivity index (χ3v) is 1.18. The Morgan fingerprint density at radius 1 is 1.08 bits per heavy atom. The molecule has 0 aromatic carbocycles. The molecule has 0 aliphatic carbocycles. The van der Waals surface area contributed by atoms with Gasteiger partial charge in [0.1, 0.15) is 0 Å². The molecule has 0 spiro atoms. The number of carbonyl (C=O) groups is 1. The van der Waals surface area contributed by atoms with Crippen molar-refractivity contribution in [3.05, 3.63) is 0 Å². The second-order valence-electron chi connectivity index (χ2n) is 2.17. The first-order valence-corrected chi connectivity index (χ1v) is 3.81. The molecular weight excluding hydrogens is 160 g/mol. The SMILES string of the molecule is COCCNC(=O)NCCOC. The molecule has 0 aliphatic rings. The van der Waals surface area contributed by atoms with E-state index in [9.17, 15) is 4.79 Å². The van der Waals surface area contributed by atoms with Crippen LogP contribution in [-0.2, 0) is 9.47 Å². The van der Waals surface area contributed by atoms with Crippen LogP contribution in [0.4, 0.5) is 4.79 Å². The molecule has 5 nitrogen and oxygen atoms in total. The Labute approximate surface area is 72.4 Å². The van der Waals surface area contributed by atoms with Gasteiger partial charge in [-0.3, -0.25) is 0 Å². The molecule has 0 saturated heterocycles. The van der Waals surface area contributed by atoms with E-state index < -0.39 is 0 Å². The lowest BCUT2D eigenvalue weighted by Crippen LogP contribution is -2.38. The van der Waals surface area contributed by atoms with E-state index in [1.807, 2.05) is 0 Å². The Hall–Kier alpha value is -0.810. The van der Waals surface area contributed by atoms with Gasteiger partial charge in [0, 0.05) is 27.3 Å². The van der Waals surface area contributed by atoms with Crippen LogP contribution in [-0.4, -0.2) is 46.6 Å². The summed E-state index contributed by atoms with van der Waals surface area (Å²) in [7, 11) is 3.18. The summed E-state index contributed by atoms with van der Waals surface area (Å²) in [5, 5.41) is 5.22. The molecule has 2 N–H and O–H groups in total. The van der Waals surface area contributed by atoms with Gasteiger partial charge in [-0.2, -0.15) is 0 Å². The molecule has 0 heterocycles. The van der Waals surface area contributed by atoms with Crippen LogP contribution in [0.15, 0.2) is 0 Å². The van der Waals surface area contributed by atoms with Gasteiger partial charge in [0.15, 0.2) is 0 Å². The van der Waals surface area contributed by atoms with Crippen LogP contribution in [0.2, 0.25) is 0 Å². The number of nitrogens with one attached hydrogen (secondary N) is 2. The quantitative estimate of drug-likeness (QED) is 0.540. The predicted octanol–water partition coefficient (Wildman–Crippen LogP) is -0.422. The van der Waals surface area contributed by atoms with E-state index in [2.05, 4.69) is 10.6 Å². The molecule has 0 fully saturated rings. The normalized spacial score (nSPS) is 9.50. The highest BCUT2D eigenvalue weighted by Gasteiger charge is 1.96. The van der Waals surface area contributed by atoms with Crippen molar-refractivity contribution in [1.82, 2.24) is 10.6 Å². The first-order valence-electron chi connectivity index (χ1n) is 3.81. The number of hydrogen-bond donors (Lipinski definition) is 2. The summed E-state index contributed by atoms with van der Waals surface area (Å²) in [5.41, 5.74) is 0. The average Bonchev–Trinajstić information content (AvgIpc) is 2.06.